The highest BCUT2D eigenvalue weighted by molar-refractivity contribution is 5.78. The summed E-state index contributed by atoms with van der Waals surface area (Å²) in [5.74, 6) is 0.504. The SMILES string of the molecule is CCCCC(=O)NCCNC(=O)COc1ccc(C)cc1. The summed E-state index contributed by atoms with van der Waals surface area (Å²) in [5, 5.41) is 5.46. The number of hydrogen-bond donors (Lipinski definition) is 2. The van der Waals surface area contributed by atoms with Gasteiger partial charge in [0.1, 0.15) is 5.75 Å². The minimum Gasteiger partial charge on any atom is -0.484 e. The Hall–Kier alpha value is -2.04. The second-order valence-electron chi connectivity index (χ2n) is 4.91. The molecule has 0 aromatic heterocycles. The van der Waals surface area contributed by atoms with Crippen molar-refractivity contribution in [1.82, 2.24) is 10.6 Å². The van der Waals surface area contributed by atoms with Gasteiger partial charge in [0.15, 0.2) is 6.61 Å². The van der Waals surface area contributed by atoms with E-state index in [4.69, 9.17) is 4.74 Å². The number of carbonyl (C=O) groups excluding carboxylic acids is 2. The number of benzene rings is 1. The molecular weight excluding hydrogens is 268 g/mol. The van der Waals surface area contributed by atoms with Crippen LogP contribution in [-0.4, -0.2) is 31.5 Å². The summed E-state index contributed by atoms with van der Waals surface area (Å²) in [6.45, 7) is 4.87. The lowest BCUT2D eigenvalue weighted by molar-refractivity contribution is -0.124. The van der Waals surface area contributed by atoms with Gasteiger partial charge in [0, 0.05) is 19.5 Å². The van der Waals surface area contributed by atoms with Crippen molar-refractivity contribution >= 4 is 11.8 Å². The Morgan fingerprint density at radius 1 is 1.05 bits per heavy atom. The lowest BCUT2D eigenvalue weighted by atomic mass is 10.2. The van der Waals surface area contributed by atoms with Crippen molar-refractivity contribution < 1.29 is 14.3 Å². The Morgan fingerprint density at radius 2 is 1.67 bits per heavy atom. The first-order chi connectivity index (χ1) is 10.1. The number of amides is 2. The van der Waals surface area contributed by atoms with Crippen LogP contribution in [0.2, 0.25) is 0 Å². The van der Waals surface area contributed by atoms with E-state index in [-0.39, 0.29) is 18.4 Å². The first kappa shape index (κ1) is 17.0. The zero-order chi connectivity index (χ0) is 15.5. The zero-order valence-electron chi connectivity index (χ0n) is 12.8. The van der Waals surface area contributed by atoms with Crippen LogP contribution >= 0.6 is 0 Å². The first-order valence-electron chi connectivity index (χ1n) is 7.34. The molecular formula is C16H24N2O3. The third-order valence-corrected chi connectivity index (χ3v) is 2.92. The largest absolute Gasteiger partial charge is 0.484 e. The fraction of sp³-hybridized carbons (Fsp3) is 0.500. The van der Waals surface area contributed by atoms with E-state index < -0.39 is 0 Å². The van der Waals surface area contributed by atoms with Gasteiger partial charge in [0.05, 0.1) is 0 Å². The van der Waals surface area contributed by atoms with E-state index in [1.807, 2.05) is 38.1 Å². The molecule has 0 aliphatic carbocycles. The van der Waals surface area contributed by atoms with Gasteiger partial charge in [0.25, 0.3) is 5.91 Å². The predicted octanol–water partition coefficient (Wildman–Crippen LogP) is 1.80. The predicted molar refractivity (Wildman–Crippen MR) is 82.2 cm³/mol. The number of hydrogen-bond acceptors (Lipinski definition) is 3. The van der Waals surface area contributed by atoms with Crippen molar-refractivity contribution in [3.8, 4) is 5.75 Å². The molecule has 2 N–H and O–H groups in total. The molecule has 0 saturated heterocycles. The third-order valence-electron chi connectivity index (χ3n) is 2.92. The Kier molecular flexibility index (Phi) is 7.94. The number of ether oxygens (including phenoxy) is 1. The van der Waals surface area contributed by atoms with E-state index >= 15 is 0 Å². The van der Waals surface area contributed by atoms with Crippen LogP contribution in [0.5, 0.6) is 5.75 Å². The Balaban J connectivity index is 2.08. The summed E-state index contributed by atoms with van der Waals surface area (Å²) in [4.78, 5) is 22.9. The highest BCUT2D eigenvalue weighted by atomic mass is 16.5. The van der Waals surface area contributed by atoms with Gasteiger partial charge in [0.2, 0.25) is 5.91 Å². The van der Waals surface area contributed by atoms with Gasteiger partial charge in [-0.25, -0.2) is 0 Å². The van der Waals surface area contributed by atoms with Gasteiger partial charge in [-0.1, -0.05) is 31.0 Å². The van der Waals surface area contributed by atoms with Crippen molar-refractivity contribution in [3.63, 3.8) is 0 Å². The van der Waals surface area contributed by atoms with Crippen LogP contribution in [0, 0.1) is 6.92 Å². The third kappa shape index (κ3) is 7.97. The zero-order valence-corrected chi connectivity index (χ0v) is 12.8. The summed E-state index contributed by atoms with van der Waals surface area (Å²) >= 11 is 0. The molecule has 116 valence electrons. The molecule has 0 fully saturated rings. The molecule has 1 rings (SSSR count). The molecule has 5 nitrogen and oxygen atoms in total. The molecule has 0 saturated carbocycles. The lowest BCUT2D eigenvalue weighted by Gasteiger charge is -2.08. The number of nitrogens with one attached hydrogen (secondary N) is 2. The van der Waals surface area contributed by atoms with Crippen molar-refractivity contribution in [2.45, 2.75) is 33.1 Å². The van der Waals surface area contributed by atoms with E-state index in [1.165, 1.54) is 0 Å². The van der Waals surface area contributed by atoms with Crippen LogP contribution in [0.25, 0.3) is 0 Å². The fourth-order valence-electron chi connectivity index (χ4n) is 1.66. The van der Waals surface area contributed by atoms with E-state index in [1.54, 1.807) is 0 Å². The molecule has 0 unspecified atom stereocenters. The van der Waals surface area contributed by atoms with Gasteiger partial charge in [-0.15, -0.1) is 0 Å². The van der Waals surface area contributed by atoms with Crippen molar-refractivity contribution in [1.29, 1.82) is 0 Å². The summed E-state index contributed by atoms with van der Waals surface area (Å²) in [5.41, 5.74) is 1.14. The van der Waals surface area contributed by atoms with Crippen molar-refractivity contribution in [3.05, 3.63) is 29.8 Å². The molecule has 0 heterocycles. The molecule has 0 aliphatic rings. The van der Waals surface area contributed by atoms with Gasteiger partial charge in [-0.3, -0.25) is 9.59 Å². The molecule has 0 atom stereocenters. The molecule has 0 bridgehead atoms. The Morgan fingerprint density at radius 3 is 2.29 bits per heavy atom. The minimum absolute atomic E-state index is 0.0210. The van der Waals surface area contributed by atoms with Crippen molar-refractivity contribution in [2.75, 3.05) is 19.7 Å². The number of carbonyl (C=O) groups is 2. The fourth-order valence-corrected chi connectivity index (χ4v) is 1.66. The lowest BCUT2D eigenvalue weighted by Crippen LogP contribution is -2.36. The molecule has 0 aliphatic heterocycles. The number of rotatable bonds is 9. The molecule has 2 amide bonds. The van der Waals surface area contributed by atoms with Gasteiger partial charge in [-0.2, -0.15) is 0 Å². The monoisotopic (exact) mass is 292 g/mol. The molecule has 5 heteroatoms. The minimum atomic E-state index is -0.196. The van der Waals surface area contributed by atoms with E-state index in [0.717, 1.165) is 18.4 Å². The van der Waals surface area contributed by atoms with E-state index in [0.29, 0.717) is 25.3 Å². The molecule has 1 aromatic rings. The summed E-state index contributed by atoms with van der Waals surface area (Å²) in [6, 6.07) is 7.52. The maximum atomic E-state index is 11.6. The molecule has 0 radical (unpaired) electrons. The topological polar surface area (TPSA) is 67.4 Å². The summed E-state index contributed by atoms with van der Waals surface area (Å²) < 4.78 is 5.35. The van der Waals surface area contributed by atoms with Gasteiger partial charge in [-0.05, 0) is 25.5 Å². The highest BCUT2D eigenvalue weighted by Crippen LogP contribution is 2.10. The average molecular weight is 292 g/mol. The smallest absolute Gasteiger partial charge is 0.258 e. The van der Waals surface area contributed by atoms with E-state index in [9.17, 15) is 9.59 Å². The quantitative estimate of drug-likeness (QED) is 0.682. The number of aryl methyl sites for hydroxylation is 1. The maximum Gasteiger partial charge on any atom is 0.258 e. The summed E-state index contributed by atoms with van der Waals surface area (Å²) in [6.07, 6.45) is 2.43. The normalized spacial score (nSPS) is 10.0. The van der Waals surface area contributed by atoms with Crippen LogP contribution in [0.3, 0.4) is 0 Å². The highest BCUT2D eigenvalue weighted by Gasteiger charge is 2.03. The molecule has 1 aromatic carbocycles. The van der Waals surface area contributed by atoms with Crippen molar-refractivity contribution in [2.24, 2.45) is 0 Å². The molecule has 21 heavy (non-hydrogen) atoms. The summed E-state index contributed by atoms with van der Waals surface area (Å²) in [7, 11) is 0. The second kappa shape index (κ2) is 9.80. The van der Waals surface area contributed by atoms with Gasteiger partial charge >= 0.3 is 0 Å². The van der Waals surface area contributed by atoms with Crippen LogP contribution < -0.4 is 15.4 Å². The Bertz CT molecular complexity index is 443. The van der Waals surface area contributed by atoms with Crippen LogP contribution in [-0.2, 0) is 9.59 Å². The van der Waals surface area contributed by atoms with Crippen LogP contribution in [0.1, 0.15) is 31.7 Å². The van der Waals surface area contributed by atoms with Crippen LogP contribution in [0.4, 0.5) is 0 Å². The Labute approximate surface area is 126 Å². The molecule has 0 spiro atoms. The first-order valence-corrected chi connectivity index (χ1v) is 7.34. The standard InChI is InChI=1S/C16H24N2O3/c1-3-4-5-15(19)17-10-11-18-16(20)12-21-14-8-6-13(2)7-9-14/h6-9H,3-5,10-12H2,1-2H3,(H,17,19)(H,18,20). The van der Waals surface area contributed by atoms with E-state index in [2.05, 4.69) is 10.6 Å². The van der Waals surface area contributed by atoms with Crippen LogP contribution in [0.15, 0.2) is 24.3 Å². The number of unbranched alkanes of at least 4 members (excludes halogenated alkanes) is 1. The second-order valence-corrected chi connectivity index (χ2v) is 4.91. The average Bonchev–Trinajstić information content (AvgIpc) is 2.49. The van der Waals surface area contributed by atoms with Gasteiger partial charge < -0.3 is 15.4 Å². The maximum absolute atomic E-state index is 11.6.